The Morgan fingerprint density at radius 3 is 3.12 bits per heavy atom. The summed E-state index contributed by atoms with van der Waals surface area (Å²) in [5, 5.41) is 12.6. The summed E-state index contributed by atoms with van der Waals surface area (Å²) >= 11 is 1.98. The van der Waals surface area contributed by atoms with Crippen molar-refractivity contribution in [1.82, 2.24) is 5.32 Å². The lowest BCUT2D eigenvalue weighted by Gasteiger charge is -2.27. The van der Waals surface area contributed by atoms with Crippen molar-refractivity contribution in [3.63, 3.8) is 0 Å². The van der Waals surface area contributed by atoms with Crippen LogP contribution in [0.2, 0.25) is 0 Å². The van der Waals surface area contributed by atoms with Crippen LogP contribution in [0.15, 0.2) is 24.3 Å². The van der Waals surface area contributed by atoms with Crippen molar-refractivity contribution in [2.45, 2.75) is 18.7 Å². The van der Waals surface area contributed by atoms with E-state index in [9.17, 15) is 0 Å². The molecule has 3 heteroatoms. The zero-order chi connectivity index (χ0) is 11.4. The standard InChI is InChI=1S/C13H19NOS/c1-10(7-15)6-14-13-9-16-8-11-4-2-3-5-12(11)13/h2-5,10,13-15H,6-9H2,1H3. The normalized spacial score (nSPS) is 21.5. The fourth-order valence-electron chi connectivity index (χ4n) is 1.96. The summed E-state index contributed by atoms with van der Waals surface area (Å²) in [6, 6.07) is 9.10. The Labute approximate surface area is 101 Å². The van der Waals surface area contributed by atoms with Crippen LogP contribution in [0.4, 0.5) is 0 Å². The lowest BCUT2D eigenvalue weighted by molar-refractivity contribution is 0.231. The molecule has 0 amide bonds. The van der Waals surface area contributed by atoms with Crippen molar-refractivity contribution in [2.24, 2.45) is 5.92 Å². The van der Waals surface area contributed by atoms with Gasteiger partial charge in [0.1, 0.15) is 0 Å². The maximum Gasteiger partial charge on any atom is 0.0468 e. The molecule has 0 aliphatic carbocycles. The van der Waals surface area contributed by atoms with E-state index in [-0.39, 0.29) is 6.61 Å². The fourth-order valence-corrected chi connectivity index (χ4v) is 3.09. The lowest BCUT2D eigenvalue weighted by atomic mass is 10.0. The van der Waals surface area contributed by atoms with Gasteiger partial charge in [0.15, 0.2) is 0 Å². The molecule has 1 aliphatic heterocycles. The van der Waals surface area contributed by atoms with Crippen LogP contribution in [0.5, 0.6) is 0 Å². The molecule has 1 aliphatic rings. The molecule has 0 bridgehead atoms. The Morgan fingerprint density at radius 2 is 2.31 bits per heavy atom. The number of aliphatic hydroxyl groups is 1. The minimum absolute atomic E-state index is 0.258. The molecule has 1 aromatic carbocycles. The van der Waals surface area contributed by atoms with Crippen LogP contribution >= 0.6 is 11.8 Å². The van der Waals surface area contributed by atoms with E-state index < -0.39 is 0 Å². The van der Waals surface area contributed by atoms with E-state index in [1.807, 2.05) is 11.8 Å². The third-order valence-corrected chi connectivity index (χ3v) is 4.08. The first-order valence-corrected chi connectivity index (χ1v) is 6.96. The second-order valence-electron chi connectivity index (χ2n) is 4.46. The minimum atomic E-state index is 0.258. The van der Waals surface area contributed by atoms with Gasteiger partial charge in [-0.25, -0.2) is 0 Å². The first-order chi connectivity index (χ1) is 7.81. The molecule has 0 saturated carbocycles. The predicted octanol–water partition coefficient (Wildman–Crippen LogP) is 2.19. The second kappa shape index (κ2) is 5.71. The van der Waals surface area contributed by atoms with Gasteiger partial charge in [-0.2, -0.15) is 11.8 Å². The molecule has 1 heterocycles. The molecule has 88 valence electrons. The van der Waals surface area contributed by atoms with Crippen molar-refractivity contribution >= 4 is 11.8 Å². The van der Waals surface area contributed by atoms with E-state index in [4.69, 9.17) is 5.11 Å². The highest BCUT2D eigenvalue weighted by Crippen LogP contribution is 2.31. The molecule has 2 N–H and O–H groups in total. The van der Waals surface area contributed by atoms with Gasteiger partial charge in [-0.3, -0.25) is 0 Å². The van der Waals surface area contributed by atoms with E-state index in [2.05, 4.69) is 36.5 Å². The van der Waals surface area contributed by atoms with Crippen LogP contribution in [-0.4, -0.2) is 24.0 Å². The Balaban J connectivity index is 2.01. The van der Waals surface area contributed by atoms with Crippen LogP contribution < -0.4 is 5.32 Å². The Morgan fingerprint density at radius 1 is 1.50 bits per heavy atom. The van der Waals surface area contributed by atoms with E-state index in [1.54, 1.807) is 0 Å². The third-order valence-electron chi connectivity index (χ3n) is 3.00. The molecule has 2 atom stereocenters. The SMILES string of the molecule is CC(CO)CNC1CSCc2ccccc21. The Bertz CT molecular complexity index is 342. The second-order valence-corrected chi connectivity index (χ2v) is 5.49. The maximum atomic E-state index is 9.01. The molecular weight excluding hydrogens is 218 g/mol. The van der Waals surface area contributed by atoms with Crippen molar-refractivity contribution < 1.29 is 5.11 Å². The number of nitrogens with one attached hydrogen (secondary N) is 1. The van der Waals surface area contributed by atoms with Gasteiger partial charge >= 0.3 is 0 Å². The minimum Gasteiger partial charge on any atom is -0.396 e. The van der Waals surface area contributed by atoms with E-state index in [1.165, 1.54) is 11.1 Å². The summed E-state index contributed by atoms with van der Waals surface area (Å²) in [4.78, 5) is 0. The zero-order valence-electron chi connectivity index (χ0n) is 9.65. The highest BCUT2D eigenvalue weighted by Gasteiger charge is 2.19. The number of hydrogen-bond acceptors (Lipinski definition) is 3. The third kappa shape index (κ3) is 2.78. The van der Waals surface area contributed by atoms with Crippen molar-refractivity contribution in [3.8, 4) is 0 Å². The van der Waals surface area contributed by atoms with Crippen molar-refractivity contribution in [1.29, 1.82) is 0 Å². The number of rotatable bonds is 4. The lowest BCUT2D eigenvalue weighted by Crippen LogP contribution is -2.31. The first kappa shape index (κ1) is 12.0. The summed E-state index contributed by atoms with van der Waals surface area (Å²) in [6.07, 6.45) is 0. The average Bonchev–Trinajstić information content (AvgIpc) is 2.35. The number of benzene rings is 1. The molecule has 1 aromatic rings. The van der Waals surface area contributed by atoms with Crippen molar-refractivity contribution in [2.75, 3.05) is 18.9 Å². The molecule has 2 unspecified atom stereocenters. The number of thioether (sulfide) groups is 1. The zero-order valence-corrected chi connectivity index (χ0v) is 10.5. The van der Waals surface area contributed by atoms with Crippen LogP contribution in [0.3, 0.4) is 0 Å². The van der Waals surface area contributed by atoms with Gasteiger partial charge in [0, 0.05) is 30.7 Å². The van der Waals surface area contributed by atoms with Gasteiger partial charge in [0.2, 0.25) is 0 Å². The molecule has 0 radical (unpaired) electrons. The van der Waals surface area contributed by atoms with Crippen molar-refractivity contribution in [3.05, 3.63) is 35.4 Å². The highest BCUT2D eigenvalue weighted by atomic mass is 32.2. The molecule has 2 rings (SSSR count). The van der Waals surface area contributed by atoms with E-state index in [0.717, 1.165) is 18.1 Å². The van der Waals surface area contributed by atoms with Gasteiger partial charge in [0.25, 0.3) is 0 Å². The van der Waals surface area contributed by atoms with Gasteiger partial charge in [-0.15, -0.1) is 0 Å². The van der Waals surface area contributed by atoms with Gasteiger partial charge in [-0.1, -0.05) is 31.2 Å². The fraction of sp³-hybridized carbons (Fsp3) is 0.538. The monoisotopic (exact) mass is 237 g/mol. The Hall–Kier alpha value is -0.510. The van der Waals surface area contributed by atoms with Crippen LogP contribution in [0.1, 0.15) is 24.1 Å². The van der Waals surface area contributed by atoms with E-state index in [0.29, 0.717) is 12.0 Å². The van der Waals surface area contributed by atoms with Gasteiger partial charge in [-0.05, 0) is 17.0 Å². The first-order valence-electron chi connectivity index (χ1n) is 5.81. The number of hydrogen-bond donors (Lipinski definition) is 2. The molecule has 0 spiro atoms. The number of fused-ring (bicyclic) bond motifs is 1. The van der Waals surface area contributed by atoms with E-state index >= 15 is 0 Å². The summed E-state index contributed by atoms with van der Waals surface area (Å²) in [7, 11) is 0. The predicted molar refractivity (Wildman–Crippen MR) is 69.6 cm³/mol. The smallest absolute Gasteiger partial charge is 0.0468 e. The quantitative estimate of drug-likeness (QED) is 0.842. The molecule has 16 heavy (non-hydrogen) atoms. The molecule has 0 fully saturated rings. The summed E-state index contributed by atoms with van der Waals surface area (Å²) in [5.74, 6) is 2.60. The molecule has 2 nitrogen and oxygen atoms in total. The average molecular weight is 237 g/mol. The summed E-state index contributed by atoms with van der Waals surface area (Å²) in [5.41, 5.74) is 2.89. The molecule has 0 saturated heterocycles. The van der Waals surface area contributed by atoms with Gasteiger partial charge in [0.05, 0.1) is 0 Å². The van der Waals surface area contributed by atoms with Crippen LogP contribution in [0, 0.1) is 5.92 Å². The highest BCUT2D eigenvalue weighted by molar-refractivity contribution is 7.98. The van der Waals surface area contributed by atoms with Gasteiger partial charge < -0.3 is 10.4 Å². The topological polar surface area (TPSA) is 32.3 Å². The molecular formula is C13H19NOS. The van der Waals surface area contributed by atoms with Crippen LogP contribution in [-0.2, 0) is 5.75 Å². The maximum absolute atomic E-state index is 9.01. The largest absolute Gasteiger partial charge is 0.396 e. The summed E-state index contributed by atoms with van der Waals surface area (Å²) < 4.78 is 0. The Kier molecular flexibility index (Phi) is 4.27. The van der Waals surface area contributed by atoms with Crippen LogP contribution in [0.25, 0.3) is 0 Å². The number of aliphatic hydroxyl groups excluding tert-OH is 1. The molecule has 0 aromatic heterocycles. The summed E-state index contributed by atoms with van der Waals surface area (Å²) in [6.45, 7) is 3.21.